The first-order chi connectivity index (χ1) is 11.6. The molecule has 2 aromatic rings. The first-order valence-electron chi connectivity index (χ1n) is 6.65. The van der Waals surface area contributed by atoms with E-state index in [2.05, 4.69) is 19.7 Å². The van der Waals surface area contributed by atoms with Crippen LogP contribution in [0, 0.1) is 12.3 Å². The third-order valence-electron chi connectivity index (χ3n) is 2.91. The average Bonchev–Trinajstić information content (AvgIpc) is 2.79. The van der Waals surface area contributed by atoms with Crippen LogP contribution in [0.15, 0.2) is 48.6 Å². The molecule has 0 saturated carbocycles. The van der Waals surface area contributed by atoms with Crippen molar-refractivity contribution in [1.82, 2.24) is 9.78 Å². The summed E-state index contributed by atoms with van der Waals surface area (Å²) in [6.07, 6.45) is 0. The summed E-state index contributed by atoms with van der Waals surface area (Å²) in [4.78, 5) is 11.9. The van der Waals surface area contributed by atoms with Gasteiger partial charge in [0.15, 0.2) is 5.69 Å². The average molecular weight is 365 g/mol. The lowest BCUT2D eigenvalue weighted by Crippen LogP contribution is -2.30. The molecule has 0 radical (unpaired) electrons. The Morgan fingerprint density at radius 2 is 1.76 bits per heavy atom. The molecule has 0 bridgehead atoms. The van der Waals surface area contributed by atoms with Crippen LogP contribution in [-0.4, -0.2) is 30.1 Å². The smallest absolute Gasteiger partial charge is 0.301 e. The maximum atomic E-state index is 12.0. The van der Waals surface area contributed by atoms with E-state index in [1.807, 2.05) is 0 Å². The molecule has 1 aromatic carbocycles. The Morgan fingerprint density at radius 1 is 1.16 bits per heavy atom. The molecule has 0 aliphatic heterocycles. The van der Waals surface area contributed by atoms with Gasteiger partial charge < -0.3 is 17.2 Å². The fourth-order valence-corrected chi connectivity index (χ4v) is 2.67. The lowest BCUT2D eigenvalue weighted by Gasteiger charge is -1.99. The van der Waals surface area contributed by atoms with Gasteiger partial charge in [0, 0.05) is 0 Å². The van der Waals surface area contributed by atoms with Crippen molar-refractivity contribution < 1.29 is 8.42 Å². The number of benzene rings is 1. The third kappa shape index (κ3) is 3.89. The van der Waals surface area contributed by atoms with Crippen molar-refractivity contribution in [2.75, 3.05) is 0 Å². The highest BCUT2D eigenvalue weighted by Crippen LogP contribution is 2.20. The predicted octanol–water partition coefficient (Wildman–Crippen LogP) is -0.396. The Hall–Kier alpha value is -3.48. The second-order valence-corrected chi connectivity index (χ2v) is 6.40. The molecule has 0 aliphatic rings. The number of hydrogen-bond donors (Lipinski definition) is 5. The summed E-state index contributed by atoms with van der Waals surface area (Å²) >= 11 is 0. The number of aryl methyl sites for hydroxylation is 1. The number of aromatic nitrogens is 2. The van der Waals surface area contributed by atoms with Crippen molar-refractivity contribution in [3.8, 4) is 0 Å². The molecule has 0 aliphatic carbocycles. The Morgan fingerprint density at radius 3 is 2.24 bits per heavy atom. The van der Waals surface area contributed by atoms with Gasteiger partial charge in [-0.25, -0.2) is 0 Å². The number of rotatable bonds is 4. The number of guanidine groups is 1. The minimum atomic E-state index is -3.99. The van der Waals surface area contributed by atoms with Crippen LogP contribution in [0.5, 0.6) is 0 Å². The topological polar surface area (TPSA) is 211 Å². The van der Waals surface area contributed by atoms with Gasteiger partial charge in [-0.15, -0.1) is 9.51 Å². The first-order valence-corrected chi connectivity index (χ1v) is 8.09. The van der Waals surface area contributed by atoms with Gasteiger partial charge in [0.2, 0.25) is 11.9 Å². The van der Waals surface area contributed by atoms with Gasteiger partial charge in [-0.3, -0.25) is 15.3 Å². The Bertz CT molecular complexity index is 1020. The molecule has 0 amide bonds. The molecular formula is C12H15N9O3S. The third-order valence-corrected chi connectivity index (χ3v) is 4.23. The molecule has 0 saturated heterocycles. The molecule has 0 fully saturated rings. The molecule has 8 N–H and O–H groups in total. The van der Waals surface area contributed by atoms with Crippen molar-refractivity contribution in [2.45, 2.75) is 11.8 Å². The van der Waals surface area contributed by atoms with Crippen LogP contribution in [0.4, 0.5) is 11.4 Å². The summed E-state index contributed by atoms with van der Waals surface area (Å²) in [5, 5.41) is 17.5. The van der Waals surface area contributed by atoms with Gasteiger partial charge in [-0.1, -0.05) is 0 Å². The summed E-state index contributed by atoms with van der Waals surface area (Å²) in [7, 11) is -3.99. The van der Waals surface area contributed by atoms with E-state index < -0.39 is 27.5 Å². The van der Waals surface area contributed by atoms with E-state index in [4.69, 9.17) is 22.6 Å². The summed E-state index contributed by atoms with van der Waals surface area (Å²) in [5.74, 6) is -1.06. The summed E-state index contributed by atoms with van der Waals surface area (Å²) in [5.41, 5.74) is 15.4. The van der Waals surface area contributed by atoms with Gasteiger partial charge in [0.1, 0.15) is 0 Å². The normalized spacial score (nSPS) is 11.6. The summed E-state index contributed by atoms with van der Waals surface area (Å²) < 4.78 is 27.6. The van der Waals surface area contributed by atoms with E-state index in [1.165, 1.54) is 24.3 Å². The van der Waals surface area contributed by atoms with Crippen LogP contribution in [0.2, 0.25) is 0 Å². The number of aromatic amines is 1. The second kappa shape index (κ2) is 6.56. The molecule has 0 spiro atoms. The number of nitrogen functional groups attached to an aromatic ring is 1. The quantitative estimate of drug-likeness (QED) is 0.276. The van der Waals surface area contributed by atoms with Gasteiger partial charge >= 0.3 is 5.56 Å². The largest absolute Gasteiger partial charge is 0.369 e. The zero-order chi connectivity index (χ0) is 18.8. The van der Waals surface area contributed by atoms with Crippen molar-refractivity contribution in [3.05, 3.63) is 40.3 Å². The number of azo groups is 1. The SMILES string of the molecule is Cc1[nH]n(C(=N)N)c(=O)c1N=Nc1ccc(S(=O)(=O)N=C(N)N)cc1. The minimum Gasteiger partial charge on any atom is -0.369 e. The summed E-state index contributed by atoms with van der Waals surface area (Å²) in [6, 6.07) is 5.22. The summed E-state index contributed by atoms with van der Waals surface area (Å²) in [6.45, 7) is 1.57. The van der Waals surface area contributed by atoms with E-state index in [0.717, 1.165) is 4.68 Å². The van der Waals surface area contributed by atoms with Crippen LogP contribution in [0.1, 0.15) is 5.69 Å². The first kappa shape index (κ1) is 17.9. The number of nitrogens with zero attached hydrogens (tertiary/aromatic N) is 4. The Balaban J connectivity index is 2.31. The zero-order valence-electron chi connectivity index (χ0n) is 13.0. The van der Waals surface area contributed by atoms with Gasteiger partial charge in [-0.05, 0) is 31.2 Å². The van der Waals surface area contributed by atoms with E-state index in [-0.39, 0.29) is 16.3 Å². The van der Waals surface area contributed by atoms with Crippen molar-refractivity contribution >= 4 is 33.3 Å². The number of H-pyrrole nitrogens is 1. The van der Waals surface area contributed by atoms with Crippen LogP contribution >= 0.6 is 0 Å². The van der Waals surface area contributed by atoms with Crippen molar-refractivity contribution in [3.63, 3.8) is 0 Å². The molecule has 25 heavy (non-hydrogen) atoms. The Labute approximate surface area is 141 Å². The predicted molar refractivity (Wildman–Crippen MR) is 90.7 cm³/mol. The van der Waals surface area contributed by atoms with E-state index in [1.54, 1.807) is 6.92 Å². The van der Waals surface area contributed by atoms with Crippen LogP contribution in [-0.2, 0) is 10.0 Å². The lowest BCUT2D eigenvalue weighted by molar-refractivity contribution is 0.598. The van der Waals surface area contributed by atoms with Crippen LogP contribution < -0.4 is 22.8 Å². The number of sulfonamides is 1. The maximum absolute atomic E-state index is 12.0. The van der Waals surface area contributed by atoms with Crippen molar-refractivity contribution in [2.24, 2.45) is 31.8 Å². The Kier molecular flexibility index (Phi) is 4.69. The van der Waals surface area contributed by atoms with Crippen LogP contribution in [0.3, 0.4) is 0 Å². The van der Waals surface area contributed by atoms with Gasteiger partial charge in [-0.2, -0.15) is 18.2 Å². The van der Waals surface area contributed by atoms with E-state index in [0.29, 0.717) is 5.69 Å². The van der Waals surface area contributed by atoms with E-state index in [9.17, 15) is 13.2 Å². The zero-order valence-corrected chi connectivity index (χ0v) is 13.8. The molecular weight excluding hydrogens is 350 g/mol. The van der Waals surface area contributed by atoms with E-state index >= 15 is 0 Å². The molecule has 13 heteroatoms. The van der Waals surface area contributed by atoms with Crippen molar-refractivity contribution in [1.29, 1.82) is 5.41 Å². The molecule has 1 aromatic heterocycles. The highest BCUT2D eigenvalue weighted by Gasteiger charge is 2.14. The van der Waals surface area contributed by atoms with Gasteiger partial charge in [0.05, 0.1) is 16.3 Å². The molecule has 1 heterocycles. The monoisotopic (exact) mass is 365 g/mol. The molecule has 0 unspecified atom stereocenters. The molecule has 132 valence electrons. The maximum Gasteiger partial charge on any atom is 0.301 e. The fraction of sp³-hybridized carbons (Fsp3) is 0.0833. The highest BCUT2D eigenvalue weighted by molar-refractivity contribution is 7.90. The molecule has 0 atom stereocenters. The minimum absolute atomic E-state index is 0.0209. The number of nitrogens with one attached hydrogen (secondary N) is 2. The number of hydrogen-bond acceptors (Lipinski definition) is 6. The molecule has 12 nitrogen and oxygen atoms in total. The fourth-order valence-electron chi connectivity index (χ4n) is 1.81. The highest BCUT2D eigenvalue weighted by atomic mass is 32.2. The number of nitrogens with two attached hydrogens (primary N) is 3. The lowest BCUT2D eigenvalue weighted by atomic mass is 10.3. The van der Waals surface area contributed by atoms with Gasteiger partial charge in [0.25, 0.3) is 10.0 Å². The van der Waals surface area contributed by atoms with Crippen LogP contribution in [0.25, 0.3) is 0 Å². The second-order valence-electron chi connectivity index (χ2n) is 4.80. The molecule has 2 rings (SSSR count). The standard InChI is InChI=1S/C12H15N9O3S/c1-6-9(10(22)21(19-6)12(15)16)18-17-7-2-4-8(5-3-7)25(23,24)20-11(13)14/h2-5,19H,1H3,(H3,15,16)(H4,13,14,20).